The summed E-state index contributed by atoms with van der Waals surface area (Å²) in [5, 5.41) is 8.86. The van der Waals surface area contributed by atoms with Crippen molar-refractivity contribution in [2.75, 3.05) is 11.9 Å². The number of hydrogen-bond donors (Lipinski definition) is 2. The third kappa shape index (κ3) is 4.87. The number of aromatic amines is 1. The van der Waals surface area contributed by atoms with Gasteiger partial charge < -0.3 is 4.74 Å². The second kappa shape index (κ2) is 7.06. The number of aromatic nitrogens is 3. The molecule has 0 aliphatic heterocycles. The van der Waals surface area contributed by atoms with Gasteiger partial charge in [0.2, 0.25) is 11.9 Å². The van der Waals surface area contributed by atoms with Crippen LogP contribution in [0.2, 0.25) is 0 Å². The summed E-state index contributed by atoms with van der Waals surface area (Å²) in [7, 11) is 0. The molecule has 1 aromatic carbocycles. The van der Waals surface area contributed by atoms with E-state index in [2.05, 4.69) is 53.4 Å². The molecule has 0 spiro atoms. The van der Waals surface area contributed by atoms with Gasteiger partial charge in [-0.15, -0.1) is 0 Å². The van der Waals surface area contributed by atoms with E-state index in [0.29, 0.717) is 25.4 Å². The lowest BCUT2D eigenvalue weighted by atomic mass is 9.87. The maximum absolute atomic E-state index is 11.6. The van der Waals surface area contributed by atoms with Crippen LogP contribution in [-0.4, -0.2) is 27.7 Å². The Bertz CT molecular complexity index is 586. The number of nitrogens with one attached hydrogen (secondary N) is 2. The number of nitrogens with zero attached hydrogens (tertiary/aromatic N) is 2. The summed E-state index contributed by atoms with van der Waals surface area (Å²) in [6.45, 7) is 7.03. The third-order valence-electron chi connectivity index (χ3n) is 3.21. The van der Waals surface area contributed by atoms with Gasteiger partial charge >= 0.3 is 0 Å². The first kappa shape index (κ1) is 16.0. The molecule has 1 heterocycles. The maximum atomic E-state index is 11.6. The molecule has 6 nitrogen and oxygen atoms in total. The van der Waals surface area contributed by atoms with Crippen LogP contribution in [0.3, 0.4) is 0 Å². The minimum atomic E-state index is -0.108. The number of carbonyl (C=O) groups excluding carboxylic acids is 1. The fourth-order valence-electron chi connectivity index (χ4n) is 1.93. The van der Waals surface area contributed by atoms with E-state index in [4.69, 9.17) is 4.74 Å². The lowest BCUT2D eigenvalue weighted by molar-refractivity contribution is -0.116. The average Bonchev–Trinajstić information content (AvgIpc) is 2.96. The SMILES string of the molecule is CC(C)(C)c1ccc(OCCCC(=O)Nc2ncn[nH]2)cc1. The standard InChI is InChI=1S/C16H22N4O2/c1-16(2,3)12-6-8-13(9-7-12)22-10-4-5-14(21)19-15-17-11-18-20-15/h6-9,11H,4-5,10H2,1-3H3,(H2,17,18,19,20,21). The van der Waals surface area contributed by atoms with Crippen LogP contribution in [-0.2, 0) is 10.2 Å². The van der Waals surface area contributed by atoms with Gasteiger partial charge in [-0.3, -0.25) is 10.1 Å². The monoisotopic (exact) mass is 302 g/mol. The van der Waals surface area contributed by atoms with Crippen LogP contribution in [0, 0.1) is 0 Å². The Morgan fingerprint density at radius 2 is 2.00 bits per heavy atom. The normalized spacial score (nSPS) is 11.2. The second-order valence-corrected chi connectivity index (χ2v) is 6.11. The summed E-state index contributed by atoms with van der Waals surface area (Å²) < 4.78 is 5.64. The van der Waals surface area contributed by atoms with Crippen LogP contribution in [0.25, 0.3) is 0 Å². The summed E-state index contributed by atoms with van der Waals surface area (Å²) >= 11 is 0. The molecule has 2 rings (SSSR count). The van der Waals surface area contributed by atoms with Gasteiger partial charge in [0.05, 0.1) is 6.61 Å². The molecule has 0 fully saturated rings. The number of benzene rings is 1. The van der Waals surface area contributed by atoms with Gasteiger partial charge in [0, 0.05) is 6.42 Å². The number of rotatable bonds is 6. The van der Waals surface area contributed by atoms with Crippen LogP contribution in [0.15, 0.2) is 30.6 Å². The first-order valence-electron chi connectivity index (χ1n) is 7.34. The largest absolute Gasteiger partial charge is 0.494 e. The summed E-state index contributed by atoms with van der Waals surface area (Å²) in [4.78, 5) is 15.5. The molecule has 0 aliphatic rings. The van der Waals surface area contributed by atoms with Crippen LogP contribution in [0.4, 0.5) is 5.95 Å². The predicted octanol–water partition coefficient (Wildman–Crippen LogP) is 2.90. The molecule has 6 heteroatoms. The van der Waals surface area contributed by atoms with Gasteiger partial charge in [0.1, 0.15) is 12.1 Å². The highest BCUT2D eigenvalue weighted by Crippen LogP contribution is 2.24. The Labute approximate surface area is 130 Å². The van der Waals surface area contributed by atoms with Crippen molar-refractivity contribution in [2.24, 2.45) is 0 Å². The van der Waals surface area contributed by atoms with E-state index in [0.717, 1.165) is 5.75 Å². The molecular formula is C16H22N4O2. The van der Waals surface area contributed by atoms with Crippen LogP contribution < -0.4 is 10.1 Å². The number of hydrogen-bond acceptors (Lipinski definition) is 4. The number of ether oxygens (including phenoxy) is 1. The Morgan fingerprint density at radius 3 is 2.59 bits per heavy atom. The Kier molecular flexibility index (Phi) is 5.14. The Balaban J connectivity index is 1.69. The molecule has 1 aromatic heterocycles. The van der Waals surface area contributed by atoms with Gasteiger partial charge in [0.15, 0.2) is 0 Å². The molecular weight excluding hydrogens is 280 g/mol. The van der Waals surface area contributed by atoms with Crippen LogP contribution in [0.1, 0.15) is 39.2 Å². The zero-order valence-corrected chi connectivity index (χ0v) is 13.2. The molecule has 0 unspecified atom stereocenters. The van der Waals surface area contributed by atoms with Gasteiger partial charge in [-0.05, 0) is 29.5 Å². The summed E-state index contributed by atoms with van der Waals surface area (Å²) in [6.07, 6.45) is 2.36. The van der Waals surface area contributed by atoms with Crippen LogP contribution in [0.5, 0.6) is 5.75 Å². The molecule has 118 valence electrons. The first-order chi connectivity index (χ1) is 10.4. The molecule has 0 saturated carbocycles. The van der Waals surface area contributed by atoms with Crippen molar-refractivity contribution in [3.05, 3.63) is 36.2 Å². The highest BCUT2D eigenvalue weighted by atomic mass is 16.5. The minimum Gasteiger partial charge on any atom is -0.494 e. The predicted molar refractivity (Wildman–Crippen MR) is 84.9 cm³/mol. The van der Waals surface area contributed by atoms with E-state index in [-0.39, 0.29) is 11.3 Å². The molecule has 0 saturated heterocycles. The van der Waals surface area contributed by atoms with Gasteiger partial charge in [-0.25, -0.2) is 5.10 Å². The first-order valence-corrected chi connectivity index (χ1v) is 7.34. The van der Waals surface area contributed by atoms with Gasteiger partial charge in [0.25, 0.3) is 0 Å². The smallest absolute Gasteiger partial charge is 0.226 e. The summed E-state index contributed by atoms with van der Waals surface area (Å²) in [5.74, 6) is 1.08. The molecule has 22 heavy (non-hydrogen) atoms. The average molecular weight is 302 g/mol. The number of anilines is 1. The molecule has 0 radical (unpaired) electrons. The van der Waals surface area contributed by atoms with Crippen LogP contribution >= 0.6 is 0 Å². The third-order valence-corrected chi connectivity index (χ3v) is 3.21. The van der Waals surface area contributed by atoms with Crippen molar-refractivity contribution < 1.29 is 9.53 Å². The van der Waals surface area contributed by atoms with Crippen molar-refractivity contribution in [1.29, 1.82) is 0 Å². The fourth-order valence-corrected chi connectivity index (χ4v) is 1.93. The topological polar surface area (TPSA) is 79.9 Å². The Morgan fingerprint density at radius 1 is 1.27 bits per heavy atom. The van der Waals surface area contributed by atoms with Crippen molar-refractivity contribution in [3.63, 3.8) is 0 Å². The highest BCUT2D eigenvalue weighted by molar-refractivity contribution is 5.88. The van der Waals surface area contributed by atoms with Crippen molar-refractivity contribution >= 4 is 11.9 Å². The molecule has 0 atom stereocenters. The zero-order chi connectivity index (χ0) is 16.0. The van der Waals surface area contributed by atoms with Crippen molar-refractivity contribution in [2.45, 2.75) is 39.0 Å². The van der Waals surface area contributed by atoms with Gasteiger partial charge in [-0.1, -0.05) is 32.9 Å². The minimum absolute atomic E-state index is 0.108. The molecule has 2 N–H and O–H groups in total. The van der Waals surface area contributed by atoms with E-state index in [1.165, 1.54) is 11.9 Å². The Hall–Kier alpha value is -2.37. The molecule has 0 bridgehead atoms. The molecule has 0 aliphatic carbocycles. The van der Waals surface area contributed by atoms with E-state index >= 15 is 0 Å². The van der Waals surface area contributed by atoms with E-state index in [9.17, 15) is 4.79 Å². The van der Waals surface area contributed by atoms with E-state index < -0.39 is 0 Å². The number of carbonyl (C=O) groups is 1. The molecule has 2 aromatic rings. The summed E-state index contributed by atoms with van der Waals surface area (Å²) in [6, 6.07) is 8.09. The van der Waals surface area contributed by atoms with Gasteiger partial charge in [-0.2, -0.15) is 10.1 Å². The lowest BCUT2D eigenvalue weighted by Crippen LogP contribution is -2.14. The molecule has 1 amide bonds. The fraction of sp³-hybridized carbons (Fsp3) is 0.438. The quantitative estimate of drug-likeness (QED) is 0.804. The summed E-state index contributed by atoms with van der Waals surface area (Å²) in [5.41, 5.74) is 1.41. The second-order valence-electron chi connectivity index (χ2n) is 6.11. The highest BCUT2D eigenvalue weighted by Gasteiger charge is 2.12. The van der Waals surface area contributed by atoms with E-state index in [1.54, 1.807) is 0 Å². The lowest BCUT2D eigenvalue weighted by Gasteiger charge is -2.19. The zero-order valence-electron chi connectivity index (χ0n) is 13.2. The van der Waals surface area contributed by atoms with Crippen molar-refractivity contribution in [1.82, 2.24) is 15.2 Å². The maximum Gasteiger partial charge on any atom is 0.226 e. The number of H-pyrrole nitrogens is 1. The van der Waals surface area contributed by atoms with Crippen molar-refractivity contribution in [3.8, 4) is 5.75 Å². The van der Waals surface area contributed by atoms with E-state index in [1.807, 2.05) is 12.1 Å². The number of amides is 1.